The van der Waals surface area contributed by atoms with Crippen LogP contribution in [0.5, 0.6) is 5.75 Å². The van der Waals surface area contributed by atoms with Crippen LogP contribution in [0.25, 0.3) is 0 Å². The number of non-ortho nitro benzene ring substituents is 1. The van der Waals surface area contributed by atoms with Gasteiger partial charge in [-0.3, -0.25) is 10.1 Å². The molecule has 0 saturated carbocycles. The number of rotatable bonds is 6. The Balaban J connectivity index is 2.57. The van der Waals surface area contributed by atoms with E-state index in [2.05, 4.69) is 6.92 Å². The van der Waals surface area contributed by atoms with Gasteiger partial charge < -0.3 is 4.74 Å². The van der Waals surface area contributed by atoms with E-state index in [0.29, 0.717) is 6.61 Å². The number of hydrogen-bond donors (Lipinski definition) is 0. The average molecular weight is 223 g/mol. The fourth-order valence-electron chi connectivity index (χ4n) is 1.44. The van der Waals surface area contributed by atoms with E-state index in [1.165, 1.54) is 12.1 Å². The highest BCUT2D eigenvalue weighted by Crippen LogP contribution is 2.23. The van der Waals surface area contributed by atoms with E-state index >= 15 is 0 Å². The van der Waals surface area contributed by atoms with Gasteiger partial charge in [0.05, 0.1) is 11.5 Å². The Morgan fingerprint density at radius 1 is 1.38 bits per heavy atom. The minimum atomic E-state index is -0.395. The predicted octanol–water partition coefficient (Wildman–Crippen LogP) is 3.47. The second kappa shape index (κ2) is 6.10. The van der Waals surface area contributed by atoms with E-state index in [-0.39, 0.29) is 5.69 Å². The van der Waals surface area contributed by atoms with E-state index in [1.54, 1.807) is 6.07 Å². The summed E-state index contributed by atoms with van der Waals surface area (Å²) in [5, 5.41) is 10.5. The Morgan fingerprint density at radius 3 is 2.69 bits per heavy atom. The summed E-state index contributed by atoms with van der Waals surface area (Å²) in [6.45, 7) is 4.63. The molecular weight excluding hydrogens is 206 g/mol. The van der Waals surface area contributed by atoms with Gasteiger partial charge in [0.15, 0.2) is 0 Å². The fourth-order valence-corrected chi connectivity index (χ4v) is 1.44. The molecule has 0 N–H and O–H groups in total. The number of unbranched alkanes of at least 4 members (excludes halogenated alkanes) is 2. The maximum Gasteiger partial charge on any atom is 0.269 e. The molecule has 0 atom stereocenters. The molecule has 0 saturated heterocycles. The van der Waals surface area contributed by atoms with Crippen LogP contribution in [0.2, 0.25) is 0 Å². The first-order valence-electron chi connectivity index (χ1n) is 5.53. The topological polar surface area (TPSA) is 52.4 Å². The molecule has 0 fully saturated rings. The minimum absolute atomic E-state index is 0.110. The van der Waals surface area contributed by atoms with Crippen LogP contribution in [0.3, 0.4) is 0 Å². The lowest BCUT2D eigenvalue weighted by atomic mass is 10.2. The molecule has 1 aromatic carbocycles. The minimum Gasteiger partial charge on any atom is -0.493 e. The van der Waals surface area contributed by atoms with Crippen LogP contribution in [0.4, 0.5) is 5.69 Å². The van der Waals surface area contributed by atoms with Gasteiger partial charge in [0.2, 0.25) is 0 Å². The van der Waals surface area contributed by atoms with Crippen LogP contribution >= 0.6 is 0 Å². The highest BCUT2D eigenvalue weighted by Gasteiger charge is 2.08. The van der Waals surface area contributed by atoms with Gasteiger partial charge in [-0.25, -0.2) is 0 Å². The first kappa shape index (κ1) is 12.5. The Hall–Kier alpha value is -1.58. The van der Waals surface area contributed by atoms with Crippen LogP contribution in [0.15, 0.2) is 18.2 Å². The monoisotopic (exact) mass is 223 g/mol. The van der Waals surface area contributed by atoms with Crippen molar-refractivity contribution >= 4 is 5.69 Å². The van der Waals surface area contributed by atoms with Gasteiger partial charge in [-0.2, -0.15) is 0 Å². The summed E-state index contributed by atoms with van der Waals surface area (Å²) < 4.78 is 5.55. The number of benzene rings is 1. The summed E-state index contributed by atoms with van der Waals surface area (Å²) in [6, 6.07) is 4.68. The van der Waals surface area contributed by atoms with Gasteiger partial charge in [0, 0.05) is 12.1 Å². The number of nitro groups is 1. The summed E-state index contributed by atoms with van der Waals surface area (Å²) in [6.07, 6.45) is 3.32. The van der Waals surface area contributed by atoms with Gasteiger partial charge in [0.1, 0.15) is 5.75 Å². The Bertz CT molecular complexity index is 363. The van der Waals surface area contributed by atoms with Crippen molar-refractivity contribution < 1.29 is 9.66 Å². The first-order chi connectivity index (χ1) is 7.65. The van der Waals surface area contributed by atoms with Crippen molar-refractivity contribution in [1.29, 1.82) is 0 Å². The second-order valence-electron chi connectivity index (χ2n) is 3.76. The van der Waals surface area contributed by atoms with Gasteiger partial charge in [-0.05, 0) is 25.0 Å². The van der Waals surface area contributed by atoms with Crippen molar-refractivity contribution in [3.05, 3.63) is 33.9 Å². The molecule has 1 aromatic rings. The SMILES string of the molecule is CCCCCOc1ccc([N+](=O)[O-])cc1C. The molecule has 16 heavy (non-hydrogen) atoms. The lowest BCUT2D eigenvalue weighted by Gasteiger charge is -2.08. The van der Waals surface area contributed by atoms with Crippen molar-refractivity contribution in [2.45, 2.75) is 33.1 Å². The van der Waals surface area contributed by atoms with Crippen molar-refractivity contribution in [3.8, 4) is 5.75 Å². The molecule has 0 aliphatic rings. The zero-order chi connectivity index (χ0) is 12.0. The molecule has 0 aliphatic carbocycles. The number of nitro benzene ring substituents is 1. The summed E-state index contributed by atoms with van der Waals surface area (Å²) in [4.78, 5) is 10.1. The summed E-state index contributed by atoms with van der Waals surface area (Å²) >= 11 is 0. The third-order valence-corrected chi connectivity index (χ3v) is 2.37. The van der Waals surface area contributed by atoms with Crippen molar-refractivity contribution in [2.75, 3.05) is 6.61 Å². The predicted molar refractivity (Wildman–Crippen MR) is 62.9 cm³/mol. The van der Waals surface area contributed by atoms with Crippen LogP contribution in [0, 0.1) is 17.0 Å². The van der Waals surface area contributed by atoms with Crippen molar-refractivity contribution in [3.63, 3.8) is 0 Å². The third-order valence-electron chi connectivity index (χ3n) is 2.37. The zero-order valence-corrected chi connectivity index (χ0v) is 9.73. The lowest BCUT2D eigenvalue weighted by Crippen LogP contribution is -1.99. The molecule has 1 rings (SSSR count). The number of ether oxygens (including phenoxy) is 1. The molecule has 4 heteroatoms. The highest BCUT2D eigenvalue weighted by atomic mass is 16.6. The number of hydrogen-bond acceptors (Lipinski definition) is 3. The lowest BCUT2D eigenvalue weighted by molar-refractivity contribution is -0.384. The molecule has 0 aliphatic heterocycles. The average Bonchev–Trinajstić information content (AvgIpc) is 2.26. The smallest absolute Gasteiger partial charge is 0.269 e. The summed E-state index contributed by atoms with van der Waals surface area (Å²) in [5.41, 5.74) is 0.920. The van der Waals surface area contributed by atoms with Gasteiger partial charge in [-0.1, -0.05) is 19.8 Å². The molecule has 88 valence electrons. The van der Waals surface area contributed by atoms with E-state index < -0.39 is 4.92 Å². The molecule has 0 amide bonds. The molecular formula is C12H17NO3. The highest BCUT2D eigenvalue weighted by molar-refractivity contribution is 5.42. The van der Waals surface area contributed by atoms with Crippen molar-refractivity contribution in [2.24, 2.45) is 0 Å². The summed E-state index contributed by atoms with van der Waals surface area (Å²) in [7, 11) is 0. The maximum absolute atomic E-state index is 10.5. The quantitative estimate of drug-likeness (QED) is 0.421. The van der Waals surface area contributed by atoms with E-state index in [4.69, 9.17) is 4.74 Å². The number of nitrogens with zero attached hydrogens (tertiary/aromatic N) is 1. The second-order valence-corrected chi connectivity index (χ2v) is 3.76. The summed E-state index contributed by atoms with van der Waals surface area (Å²) in [5.74, 6) is 0.738. The Kier molecular flexibility index (Phi) is 4.76. The molecule has 4 nitrogen and oxygen atoms in total. The molecule has 0 aromatic heterocycles. The molecule has 0 radical (unpaired) electrons. The fraction of sp³-hybridized carbons (Fsp3) is 0.500. The van der Waals surface area contributed by atoms with Crippen LogP contribution in [0.1, 0.15) is 31.7 Å². The van der Waals surface area contributed by atoms with Crippen LogP contribution in [-0.2, 0) is 0 Å². The zero-order valence-electron chi connectivity index (χ0n) is 9.73. The number of aryl methyl sites for hydroxylation is 1. The molecule has 0 spiro atoms. The molecule has 0 heterocycles. The first-order valence-corrected chi connectivity index (χ1v) is 5.53. The van der Waals surface area contributed by atoms with E-state index in [9.17, 15) is 10.1 Å². The van der Waals surface area contributed by atoms with Crippen molar-refractivity contribution in [1.82, 2.24) is 0 Å². The van der Waals surface area contributed by atoms with E-state index in [1.807, 2.05) is 6.92 Å². The normalized spacial score (nSPS) is 10.1. The van der Waals surface area contributed by atoms with Crippen LogP contribution < -0.4 is 4.74 Å². The largest absolute Gasteiger partial charge is 0.493 e. The Morgan fingerprint density at radius 2 is 2.12 bits per heavy atom. The Labute approximate surface area is 95.4 Å². The maximum atomic E-state index is 10.5. The standard InChI is InChI=1S/C12H17NO3/c1-3-4-5-8-16-12-7-6-11(13(14)15)9-10(12)2/h6-7,9H,3-5,8H2,1-2H3. The van der Waals surface area contributed by atoms with Gasteiger partial charge >= 0.3 is 0 Å². The van der Waals surface area contributed by atoms with Gasteiger partial charge in [0.25, 0.3) is 5.69 Å². The molecule has 0 bridgehead atoms. The van der Waals surface area contributed by atoms with Gasteiger partial charge in [-0.15, -0.1) is 0 Å². The third kappa shape index (κ3) is 3.53. The van der Waals surface area contributed by atoms with E-state index in [0.717, 1.165) is 30.6 Å². The molecule has 0 unspecified atom stereocenters. The van der Waals surface area contributed by atoms with Crippen LogP contribution in [-0.4, -0.2) is 11.5 Å².